The van der Waals surface area contributed by atoms with E-state index in [4.69, 9.17) is 0 Å². The lowest BCUT2D eigenvalue weighted by Gasteiger charge is -2.59. The highest BCUT2D eigenvalue weighted by atomic mass is 16.3. The number of carbonyl (C=O) groups excluding carboxylic acids is 1. The normalized spacial score (nSPS) is 43.3. The van der Waals surface area contributed by atoms with Crippen LogP contribution in [0.15, 0.2) is 24.3 Å². The van der Waals surface area contributed by atoms with E-state index in [1.165, 1.54) is 0 Å². The van der Waals surface area contributed by atoms with Crippen LogP contribution in [0.3, 0.4) is 0 Å². The largest absolute Gasteiger partial charge is 0.393 e. The van der Waals surface area contributed by atoms with Gasteiger partial charge in [-0.25, -0.2) is 0 Å². The summed E-state index contributed by atoms with van der Waals surface area (Å²) < 4.78 is 0. The van der Waals surface area contributed by atoms with E-state index >= 15 is 0 Å². The van der Waals surface area contributed by atoms with Crippen molar-refractivity contribution < 1.29 is 15.0 Å². The van der Waals surface area contributed by atoms with Gasteiger partial charge in [-0.05, 0) is 61.9 Å². The number of fused-ring (bicyclic) bond motifs is 1. The Kier molecular flexibility index (Phi) is 4.69. The van der Waals surface area contributed by atoms with Gasteiger partial charge in [-0.1, -0.05) is 32.4 Å². The highest BCUT2D eigenvalue weighted by Crippen LogP contribution is 2.61. The minimum Gasteiger partial charge on any atom is -0.393 e. The number of carbonyl (C=O) groups is 1. The molecule has 6 atom stereocenters. The molecule has 3 nitrogen and oxygen atoms in total. The van der Waals surface area contributed by atoms with E-state index in [9.17, 15) is 15.0 Å². The molecule has 2 aliphatic rings. The molecule has 0 amide bonds. The third kappa shape index (κ3) is 3.06. The molecule has 0 aromatic heterocycles. The number of aliphatic hydroxyl groups excluding tert-OH is 1. The van der Waals surface area contributed by atoms with Crippen molar-refractivity contribution in [1.82, 2.24) is 0 Å². The fraction of sp³-hybridized carbons (Fsp3) is 0.750. The standard InChI is InChI=1S/C20H32O3/c1-7-18(4,23)8-9-19(5)14(3)16(22)12-20(6)13(2)10-15(21)11-17(19)20/h7,10,14,16-17,22-23H,1,8-9,11-12H2,2-6H3/t14-,16-,17-,18+,19+,20-/m0/s1. The van der Waals surface area contributed by atoms with Crippen molar-refractivity contribution in [1.29, 1.82) is 0 Å². The second-order valence-corrected chi connectivity index (χ2v) is 8.60. The first-order valence-electron chi connectivity index (χ1n) is 8.72. The Hall–Kier alpha value is -0.930. The van der Waals surface area contributed by atoms with Gasteiger partial charge in [-0.15, -0.1) is 6.58 Å². The van der Waals surface area contributed by atoms with Crippen molar-refractivity contribution in [3.05, 3.63) is 24.3 Å². The smallest absolute Gasteiger partial charge is 0.155 e. The molecule has 0 heterocycles. The van der Waals surface area contributed by atoms with Crippen molar-refractivity contribution in [3.8, 4) is 0 Å². The molecule has 3 heteroatoms. The molecule has 0 bridgehead atoms. The molecule has 0 aromatic rings. The highest BCUT2D eigenvalue weighted by molar-refractivity contribution is 5.92. The lowest BCUT2D eigenvalue weighted by Crippen LogP contribution is -2.56. The van der Waals surface area contributed by atoms with Gasteiger partial charge in [0, 0.05) is 6.42 Å². The molecule has 2 rings (SSSR count). The van der Waals surface area contributed by atoms with Crippen molar-refractivity contribution >= 4 is 5.78 Å². The molecule has 0 saturated heterocycles. The Balaban J connectivity index is 2.40. The second-order valence-electron chi connectivity index (χ2n) is 8.60. The number of hydrogen-bond donors (Lipinski definition) is 2. The summed E-state index contributed by atoms with van der Waals surface area (Å²) in [5.74, 6) is 0.488. The number of hydrogen-bond acceptors (Lipinski definition) is 3. The summed E-state index contributed by atoms with van der Waals surface area (Å²) in [6.45, 7) is 14.0. The number of allylic oxidation sites excluding steroid dienone is 2. The summed E-state index contributed by atoms with van der Waals surface area (Å²) in [7, 11) is 0. The molecule has 1 fully saturated rings. The summed E-state index contributed by atoms with van der Waals surface area (Å²) >= 11 is 0. The van der Waals surface area contributed by atoms with E-state index in [0.29, 0.717) is 19.3 Å². The van der Waals surface area contributed by atoms with Gasteiger partial charge in [0.2, 0.25) is 0 Å². The first-order valence-corrected chi connectivity index (χ1v) is 8.72. The van der Waals surface area contributed by atoms with Gasteiger partial charge in [0.25, 0.3) is 0 Å². The maximum Gasteiger partial charge on any atom is 0.155 e. The number of rotatable bonds is 4. The van der Waals surface area contributed by atoms with E-state index in [0.717, 1.165) is 12.0 Å². The van der Waals surface area contributed by atoms with Crippen molar-refractivity contribution in [2.24, 2.45) is 22.7 Å². The average Bonchev–Trinajstić information content (AvgIpc) is 2.47. The minimum atomic E-state index is -0.912. The lowest BCUT2D eigenvalue weighted by atomic mass is 9.46. The molecule has 0 radical (unpaired) electrons. The molecular formula is C20H32O3. The summed E-state index contributed by atoms with van der Waals surface area (Å²) in [6, 6.07) is 0. The SMILES string of the molecule is C=C[C@@](C)(O)CC[C@]1(C)[C@@H](C)[C@@H](O)C[C@@]2(C)C(C)=CC(=O)C[C@@H]12. The van der Waals surface area contributed by atoms with E-state index in [1.54, 1.807) is 19.1 Å². The van der Waals surface area contributed by atoms with E-state index in [1.807, 2.05) is 6.92 Å². The lowest BCUT2D eigenvalue weighted by molar-refractivity contribution is -0.138. The van der Waals surface area contributed by atoms with Gasteiger partial charge in [0.15, 0.2) is 5.78 Å². The zero-order valence-electron chi connectivity index (χ0n) is 15.2. The molecular weight excluding hydrogens is 288 g/mol. The van der Waals surface area contributed by atoms with E-state index < -0.39 is 5.60 Å². The minimum absolute atomic E-state index is 0.0971. The Labute approximate surface area is 140 Å². The Bertz CT molecular complexity index is 533. The van der Waals surface area contributed by atoms with Crippen LogP contribution in [0.25, 0.3) is 0 Å². The van der Waals surface area contributed by atoms with Crippen LogP contribution in [0.2, 0.25) is 0 Å². The predicted octanol–water partition coefficient (Wildman–Crippen LogP) is 3.65. The molecule has 2 N–H and O–H groups in total. The monoisotopic (exact) mass is 320 g/mol. The van der Waals surface area contributed by atoms with Crippen molar-refractivity contribution in [2.75, 3.05) is 0 Å². The van der Waals surface area contributed by atoms with Gasteiger partial charge in [0.1, 0.15) is 0 Å². The number of aliphatic hydroxyl groups is 2. The first kappa shape index (κ1) is 18.4. The fourth-order valence-electron chi connectivity index (χ4n) is 4.83. The van der Waals surface area contributed by atoms with Crippen LogP contribution in [0.5, 0.6) is 0 Å². The van der Waals surface area contributed by atoms with Crippen LogP contribution in [0, 0.1) is 22.7 Å². The molecule has 1 saturated carbocycles. The summed E-state index contributed by atoms with van der Waals surface area (Å²) in [5, 5.41) is 21.0. The van der Waals surface area contributed by atoms with Crippen molar-refractivity contribution in [3.63, 3.8) is 0 Å². The maximum atomic E-state index is 12.2. The second kappa shape index (κ2) is 5.86. The van der Waals surface area contributed by atoms with Crippen LogP contribution in [-0.2, 0) is 4.79 Å². The van der Waals surface area contributed by atoms with Gasteiger partial charge in [-0.3, -0.25) is 4.79 Å². The Morgan fingerprint density at radius 3 is 2.65 bits per heavy atom. The molecule has 0 unspecified atom stereocenters. The first-order chi connectivity index (χ1) is 10.5. The Morgan fingerprint density at radius 1 is 1.48 bits per heavy atom. The van der Waals surface area contributed by atoms with Gasteiger partial charge in [-0.2, -0.15) is 0 Å². The topological polar surface area (TPSA) is 57.5 Å². The maximum absolute atomic E-state index is 12.2. The van der Waals surface area contributed by atoms with Gasteiger partial charge in [0.05, 0.1) is 11.7 Å². The molecule has 0 spiro atoms. The summed E-state index contributed by atoms with van der Waals surface area (Å²) in [6.07, 6.45) is 5.57. The highest BCUT2D eigenvalue weighted by Gasteiger charge is 2.57. The van der Waals surface area contributed by atoms with Gasteiger partial charge >= 0.3 is 0 Å². The molecule has 0 aliphatic heterocycles. The van der Waals surface area contributed by atoms with Crippen molar-refractivity contribution in [2.45, 2.75) is 72.0 Å². The van der Waals surface area contributed by atoms with Crippen LogP contribution in [0.1, 0.15) is 60.3 Å². The third-order valence-corrected chi connectivity index (χ3v) is 7.11. The summed E-state index contributed by atoms with van der Waals surface area (Å²) in [5.41, 5.74) is -0.156. The van der Waals surface area contributed by atoms with Crippen LogP contribution in [0.4, 0.5) is 0 Å². The van der Waals surface area contributed by atoms with E-state index in [2.05, 4.69) is 27.4 Å². The summed E-state index contributed by atoms with van der Waals surface area (Å²) in [4.78, 5) is 12.2. The van der Waals surface area contributed by atoms with Crippen LogP contribution < -0.4 is 0 Å². The van der Waals surface area contributed by atoms with E-state index in [-0.39, 0.29) is 34.6 Å². The predicted molar refractivity (Wildman–Crippen MR) is 92.9 cm³/mol. The fourth-order valence-corrected chi connectivity index (χ4v) is 4.83. The van der Waals surface area contributed by atoms with Crippen LogP contribution >= 0.6 is 0 Å². The average molecular weight is 320 g/mol. The molecule has 130 valence electrons. The third-order valence-electron chi connectivity index (χ3n) is 7.11. The zero-order chi connectivity index (χ0) is 17.6. The number of ketones is 1. The molecule has 23 heavy (non-hydrogen) atoms. The molecule has 0 aromatic carbocycles. The van der Waals surface area contributed by atoms with Gasteiger partial charge < -0.3 is 10.2 Å². The quantitative estimate of drug-likeness (QED) is 0.777. The molecule has 2 aliphatic carbocycles. The zero-order valence-corrected chi connectivity index (χ0v) is 15.2. The Morgan fingerprint density at radius 2 is 2.09 bits per heavy atom. The van der Waals surface area contributed by atoms with Crippen LogP contribution in [-0.4, -0.2) is 27.7 Å².